The van der Waals surface area contributed by atoms with Gasteiger partial charge in [0.05, 0.1) is 24.8 Å². The molecule has 0 spiro atoms. The van der Waals surface area contributed by atoms with Gasteiger partial charge in [-0.1, -0.05) is 32.6 Å². The molecule has 20 heteroatoms. The van der Waals surface area contributed by atoms with Crippen molar-refractivity contribution in [1.82, 2.24) is 14.9 Å². The average Bonchev–Trinajstić information content (AvgIpc) is 3.16. The van der Waals surface area contributed by atoms with Crippen LogP contribution in [0.5, 0.6) is 0 Å². The van der Waals surface area contributed by atoms with Gasteiger partial charge in [-0.2, -0.15) is 9.29 Å². The van der Waals surface area contributed by atoms with E-state index in [1.807, 2.05) is 20.8 Å². The van der Waals surface area contributed by atoms with Gasteiger partial charge >= 0.3 is 29.9 Å². The van der Waals surface area contributed by atoms with Gasteiger partial charge in [0.25, 0.3) is 0 Å². The van der Waals surface area contributed by atoms with Crippen LogP contribution in [0.3, 0.4) is 0 Å². The normalized spacial score (nSPS) is 21.3. The van der Waals surface area contributed by atoms with Crippen LogP contribution in [0.15, 0.2) is 11.0 Å². The number of aromatic nitrogens is 2. The Kier molecular flexibility index (Phi) is 14.2. The smallest absolute Gasteiger partial charge is 0.390 e. The lowest BCUT2D eigenvalue weighted by atomic mass is 10.2. The van der Waals surface area contributed by atoms with Gasteiger partial charge in [-0.25, -0.2) is 18.2 Å². The van der Waals surface area contributed by atoms with E-state index >= 15 is 0 Å². The maximum absolute atomic E-state index is 12.3. The molecular weight excluding hydrogens is 573 g/mol. The lowest BCUT2D eigenvalue weighted by Crippen LogP contribution is -2.29. The van der Waals surface area contributed by atoms with Gasteiger partial charge < -0.3 is 45.0 Å². The van der Waals surface area contributed by atoms with Crippen LogP contribution >= 0.6 is 24.2 Å². The monoisotopic (exact) mass is 604 g/mol. The highest BCUT2D eigenvalue weighted by Crippen LogP contribution is 2.63. The molecule has 2 heterocycles. The minimum absolute atomic E-state index is 0.0433. The highest BCUT2D eigenvalue weighted by molar-refractivity contribution is 7.65. The Hall–Kier alpha value is -1.76. The largest absolute Gasteiger partial charge is 0.487 e. The molecule has 1 aliphatic heterocycles. The number of aliphatic hydroxyl groups excluding tert-OH is 1. The van der Waals surface area contributed by atoms with E-state index in [0.717, 1.165) is 4.57 Å². The van der Waals surface area contributed by atoms with Crippen molar-refractivity contribution in [3.05, 3.63) is 22.2 Å². The zero-order valence-corrected chi connectivity index (χ0v) is 23.3. The van der Waals surface area contributed by atoms with E-state index in [1.54, 1.807) is 0 Å². The third-order valence-corrected chi connectivity index (χ3v) is 7.73. The number of nitrogens with one attached hydrogen (secondary N) is 1. The van der Waals surface area contributed by atoms with Crippen molar-refractivity contribution in [3.8, 4) is 11.8 Å². The zero-order chi connectivity index (χ0) is 29.1. The van der Waals surface area contributed by atoms with E-state index in [0.29, 0.717) is 12.8 Å². The van der Waals surface area contributed by atoms with Gasteiger partial charge in [-0.15, -0.1) is 0 Å². The minimum Gasteiger partial charge on any atom is -0.390 e. The molecule has 0 aliphatic carbocycles. The molecule has 0 radical (unpaired) electrons. The van der Waals surface area contributed by atoms with E-state index < -0.39 is 55.0 Å². The molecule has 1 amide bonds. The topological polar surface area (TPSA) is 262 Å². The number of anilines is 1. The first-order chi connectivity index (χ1) is 17.7. The SMILES string of the molecule is CC.CCCC(=O)NCC#Cc1cn(C2CC(O)C(COP(O)OP(=O)(O)OP(=O)(O)O)O2)c(=O)nc1N. The number of amides is 1. The molecule has 0 bridgehead atoms. The molecular formula is C18H31N4O13P3. The Bertz CT molecular complexity index is 1150. The number of carbonyl (C=O) groups excluding carboxylic acids is 1. The number of nitrogen functional groups attached to an aromatic ring is 1. The first-order valence-electron chi connectivity index (χ1n) is 11.1. The second-order valence-corrected chi connectivity index (χ2v) is 11.1. The van der Waals surface area contributed by atoms with Crippen LogP contribution in [-0.2, 0) is 31.8 Å². The summed E-state index contributed by atoms with van der Waals surface area (Å²) in [5, 5.41) is 12.8. The fraction of sp³-hybridized carbons (Fsp3) is 0.611. The first-order valence-corrected chi connectivity index (χ1v) is 15.3. The van der Waals surface area contributed by atoms with E-state index in [4.69, 9.17) is 24.8 Å². The molecule has 1 fully saturated rings. The van der Waals surface area contributed by atoms with Gasteiger partial charge in [0.15, 0.2) is 0 Å². The number of phosphoric acid groups is 2. The fourth-order valence-corrected chi connectivity index (χ4v) is 5.45. The van der Waals surface area contributed by atoms with Gasteiger partial charge in [-0.05, 0) is 6.42 Å². The number of nitrogens with two attached hydrogens (primary N) is 1. The number of hydrogen-bond donors (Lipinski definition) is 7. The number of nitrogens with zero attached hydrogens (tertiary/aromatic N) is 2. The second kappa shape index (κ2) is 15.7. The van der Waals surface area contributed by atoms with E-state index in [9.17, 15) is 33.6 Å². The average molecular weight is 604 g/mol. The van der Waals surface area contributed by atoms with Crippen LogP contribution in [-0.4, -0.2) is 65.5 Å². The standard InChI is InChI=1S/C16H25N4O13P3.C2H6/c1-2-4-13(22)18-6-3-5-10-8-20(16(23)19-15(10)17)14-7-11(21)12(31-14)9-30-34(24)32-36(28,29)33-35(25,26)27;1-2/h8,11-12,14,21,24H,2,4,6-7,9H2,1H3,(H,18,22)(H,28,29)(H2,17,19,23)(H2,25,26,27);1-2H3. The molecule has 17 nitrogen and oxygen atoms in total. The lowest BCUT2D eigenvalue weighted by Gasteiger charge is -2.19. The summed E-state index contributed by atoms with van der Waals surface area (Å²) in [6.07, 6.45) is -1.25. The van der Waals surface area contributed by atoms with Crippen molar-refractivity contribution in [1.29, 1.82) is 0 Å². The summed E-state index contributed by atoms with van der Waals surface area (Å²) in [4.78, 5) is 63.3. The van der Waals surface area contributed by atoms with Crippen molar-refractivity contribution in [2.24, 2.45) is 0 Å². The molecule has 0 aromatic carbocycles. The molecule has 8 N–H and O–H groups in total. The highest BCUT2D eigenvalue weighted by Gasteiger charge is 2.39. The van der Waals surface area contributed by atoms with Crippen LogP contribution in [0.25, 0.3) is 0 Å². The molecule has 1 aromatic heterocycles. The summed E-state index contributed by atoms with van der Waals surface area (Å²) >= 11 is 0. The maximum atomic E-state index is 12.3. The van der Waals surface area contributed by atoms with Crippen LogP contribution in [0, 0.1) is 11.8 Å². The number of ether oxygens (including phenoxy) is 1. The molecule has 1 saturated heterocycles. The fourth-order valence-electron chi connectivity index (χ4n) is 2.82. The van der Waals surface area contributed by atoms with E-state index in [2.05, 4.69) is 30.8 Å². The molecule has 0 saturated carbocycles. The minimum atomic E-state index is -5.40. The van der Waals surface area contributed by atoms with Gasteiger partial charge in [-0.3, -0.25) is 9.36 Å². The van der Waals surface area contributed by atoms with Crippen LogP contribution in [0.4, 0.5) is 5.82 Å². The molecule has 2 rings (SSSR count). The molecule has 1 aromatic rings. The maximum Gasteiger partial charge on any atom is 0.487 e. The van der Waals surface area contributed by atoms with Gasteiger partial charge in [0.1, 0.15) is 18.1 Å². The Morgan fingerprint density at radius 1 is 1.37 bits per heavy atom. The Morgan fingerprint density at radius 2 is 2.03 bits per heavy atom. The van der Waals surface area contributed by atoms with Crippen molar-refractivity contribution in [2.75, 3.05) is 18.9 Å². The van der Waals surface area contributed by atoms with Gasteiger partial charge in [0.2, 0.25) is 5.91 Å². The molecule has 216 valence electrons. The third-order valence-electron chi connectivity index (χ3n) is 4.30. The zero-order valence-electron chi connectivity index (χ0n) is 20.7. The van der Waals surface area contributed by atoms with E-state index in [1.165, 1.54) is 6.20 Å². The number of carbonyl (C=O) groups is 1. The van der Waals surface area contributed by atoms with Crippen LogP contribution in [0.1, 0.15) is 51.8 Å². The van der Waals surface area contributed by atoms with Crippen molar-refractivity contribution in [2.45, 2.75) is 58.5 Å². The summed E-state index contributed by atoms with van der Waals surface area (Å²) in [5.74, 6) is 5.04. The first kappa shape index (κ1) is 34.3. The van der Waals surface area contributed by atoms with Gasteiger partial charge in [0, 0.05) is 19.0 Å². The summed E-state index contributed by atoms with van der Waals surface area (Å²) in [5.41, 5.74) is 5.09. The van der Waals surface area contributed by atoms with Crippen molar-refractivity contribution < 1.29 is 56.5 Å². The molecule has 38 heavy (non-hydrogen) atoms. The van der Waals surface area contributed by atoms with E-state index in [-0.39, 0.29) is 30.3 Å². The quantitative estimate of drug-likeness (QED) is 0.132. The Morgan fingerprint density at radius 3 is 2.63 bits per heavy atom. The third kappa shape index (κ3) is 12.0. The summed E-state index contributed by atoms with van der Waals surface area (Å²) in [6, 6.07) is 0. The predicted molar refractivity (Wildman–Crippen MR) is 133 cm³/mol. The summed E-state index contributed by atoms with van der Waals surface area (Å²) in [7, 11) is -13.9. The summed E-state index contributed by atoms with van der Waals surface area (Å²) < 4.78 is 41.0. The molecule has 1 aliphatic rings. The number of hydrogen-bond acceptors (Lipinski definition) is 12. The van der Waals surface area contributed by atoms with Crippen molar-refractivity contribution >= 4 is 36.0 Å². The Balaban J connectivity index is 0.00000352. The van der Waals surface area contributed by atoms with Crippen LogP contribution < -0.4 is 16.7 Å². The van der Waals surface area contributed by atoms with Crippen LogP contribution in [0.2, 0.25) is 0 Å². The van der Waals surface area contributed by atoms with Crippen molar-refractivity contribution in [3.63, 3.8) is 0 Å². The lowest BCUT2D eigenvalue weighted by molar-refractivity contribution is -0.120. The number of aliphatic hydroxyl groups is 1. The predicted octanol–water partition coefficient (Wildman–Crippen LogP) is 0.230. The molecule has 5 unspecified atom stereocenters. The molecule has 5 atom stereocenters. The second-order valence-electron chi connectivity index (χ2n) is 7.15. The number of rotatable bonds is 11. The Labute approximate surface area is 219 Å². The summed E-state index contributed by atoms with van der Waals surface area (Å²) in [6.45, 7) is 5.30. The highest BCUT2D eigenvalue weighted by atomic mass is 31.3.